The zero-order valence-corrected chi connectivity index (χ0v) is 9.22. The molecule has 1 aromatic rings. The summed E-state index contributed by atoms with van der Waals surface area (Å²) in [6, 6.07) is 1.60. The number of nitrogens with zero attached hydrogens (tertiary/aromatic N) is 1. The van der Waals surface area contributed by atoms with Crippen molar-refractivity contribution >= 4 is 23.2 Å². The van der Waals surface area contributed by atoms with Crippen LogP contribution in [0.15, 0.2) is 12.3 Å². The Bertz CT molecular complexity index is 307. The second kappa shape index (κ2) is 5.51. The Hall–Kier alpha value is -0.350. The van der Waals surface area contributed by atoms with Crippen LogP contribution in [0.4, 0.5) is 0 Å². The zero-order valence-electron chi connectivity index (χ0n) is 7.70. The summed E-state index contributed by atoms with van der Waals surface area (Å²) in [5.41, 5.74) is 0.626. The molecule has 0 saturated heterocycles. The van der Waals surface area contributed by atoms with Crippen molar-refractivity contribution in [3.63, 3.8) is 0 Å². The number of aromatic nitrogens is 1. The Morgan fingerprint density at radius 2 is 2.29 bits per heavy atom. The molecule has 0 fully saturated rings. The lowest BCUT2D eigenvalue weighted by Crippen LogP contribution is -2.17. The van der Waals surface area contributed by atoms with Crippen LogP contribution in [0.25, 0.3) is 0 Å². The van der Waals surface area contributed by atoms with Gasteiger partial charge in [-0.3, -0.25) is 4.98 Å². The van der Waals surface area contributed by atoms with Crippen molar-refractivity contribution in [1.29, 1.82) is 0 Å². The van der Waals surface area contributed by atoms with Crippen LogP contribution >= 0.6 is 23.2 Å². The molecular formula is C9H11Cl2NO2. The van der Waals surface area contributed by atoms with Crippen LogP contribution in [0.2, 0.25) is 10.0 Å². The monoisotopic (exact) mass is 235 g/mol. The van der Waals surface area contributed by atoms with Crippen LogP contribution in [-0.2, 0) is 11.2 Å². The zero-order chi connectivity index (χ0) is 10.6. The number of ether oxygens (including phenoxy) is 1. The van der Waals surface area contributed by atoms with E-state index in [9.17, 15) is 5.11 Å². The van der Waals surface area contributed by atoms with Gasteiger partial charge in [0.2, 0.25) is 0 Å². The average Bonchev–Trinajstić information content (AvgIpc) is 2.10. The first-order chi connectivity index (χ1) is 6.63. The third kappa shape index (κ3) is 3.42. The minimum absolute atomic E-state index is 0.265. The Morgan fingerprint density at radius 3 is 2.86 bits per heavy atom. The predicted molar refractivity (Wildman–Crippen MR) is 55.8 cm³/mol. The van der Waals surface area contributed by atoms with E-state index in [0.29, 0.717) is 22.2 Å². The van der Waals surface area contributed by atoms with Gasteiger partial charge in [-0.05, 0) is 6.07 Å². The second-order valence-corrected chi connectivity index (χ2v) is 3.74. The van der Waals surface area contributed by atoms with Crippen molar-refractivity contribution < 1.29 is 9.84 Å². The topological polar surface area (TPSA) is 42.4 Å². The van der Waals surface area contributed by atoms with Crippen LogP contribution in [-0.4, -0.2) is 29.9 Å². The SMILES string of the molecule is COCC(O)Cc1ncc(Cl)cc1Cl. The minimum atomic E-state index is -0.592. The van der Waals surface area contributed by atoms with Crippen molar-refractivity contribution in [3.8, 4) is 0 Å². The van der Waals surface area contributed by atoms with E-state index in [4.69, 9.17) is 27.9 Å². The summed E-state index contributed by atoms with van der Waals surface area (Å²) in [6.07, 6.45) is 1.28. The highest BCUT2D eigenvalue weighted by Crippen LogP contribution is 2.19. The lowest BCUT2D eigenvalue weighted by Gasteiger charge is -2.09. The number of aliphatic hydroxyl groups is 1. The molecule has 0 saturated carbocycles. The molecule has 1 rings (SSSR count). The molecule has 0 aliphatic carbocycles. The molecule has 78 valence electrons. The maximum absolute atomic E-state index is 9.44. The van der Waals surface area contributed by atoms with Gasteiger partial charge in [-0.2, -0.15) is 0 Å². The van der Waals surface area contributed by atoms with Crippen molar-refractivity contribution in [2.45, 2.75) is 12.5 Å². The first-order valence-corrected chi connectivity index (χ1v) is 4.86. The van der Waals surface area contributed by atoms with Gasteiger partial charge in [-0.25, -0.2) is 0 Å². The number of pyridine rings is 1. The highest BCUT2D eigenvalue weighted by molar-refractivity contribution is 6.34. The molecule has 0 aliphatic heterocycles. The largest absolute Gasteiger partial charge is 0.390 e. The van der Waals surface area contributed by atoms with Crippen LogP contribution in [0.3, 0.4) is 0 Å². The first kappa shape index (κ1) is 11.7. The number of hydrogen-bond acceptors (Lipinski definition) is 3. The molecule has 0 aromatic carbocycles. The van der Waals surface area contributed by atoms with Crippen molar-refractivity contribution in [1.82, 2.24) is 4.98 Å². The van der Waals surface area contributed by atoms with E-state index in [2.05, 4.69) is 4.98 Å². The van der Waals surface area contributed by atoms with E-state index in [1.807, 2.05) is 0 Å². The minimum Gasteiger partial charge on any atom is -0.390 e. The molecule has 3 nitrogen and oxygen atoms in total. The smallest absolute Gasteiger partial charge is 0.0829 e. The van der Waals surface area contributed by atoms with E-state index in [-0.39, 0.29) is 6.61 Å². The van der Waals surface area contributed by atoms with Gasteiger partial charge in [0, 0.05) is 19.7 Å². The maximum Gasteiger partial charge on any atom is 0.0829 e. The normalized spacial score (nSPS) is 12.9. The molecule has 0 aliphatic rings. The third-order valence-corrected chi connectivity index (χ3v) is 2.21. The van der Waals surface area contributed by atoms with Crippen LogP contribution in [0.5, 0.6) is 0 Å². The molecule has 0 radical (unpaired) electrons. The lowest BCUT2D eigenvalue weighted by molar-refractivity contribution is 0.0644. The Balaban J connectivity index is 2.67. The predicted octanol–water partition coefficient (Wildman–Crippen LogP) is 1.94. The highest BCUT2D eigenvalue weighted by Gasteiger charge is 2.09. The Kier molecular flexibility index (Phi) is 4.62. The van der Waals surface area contributed by atoms with E-state index >= 15 is 0 Å². The van der Waals surface area contributed by atoms with E-state index in [0.717, 1.165) is 0 Å². The maximum atomic E-state index is 9.44. The van der Waals surface area contributed by atoms with Crippen LogP contribution < -0.4 is 0 Å². The van der Waals surface area contributed by atoms with Crippen molar-refractivity contribution in [2.24, 2.45) is 0 Å². The van der Waals surface area contributed by atoms with Crippen LogP contribution in [0, 0.1) is 0 Å². The molecular weight excluding hydrogens is 225 g/mol. The summed E-state index contributed by atoms with van der Waals surface area (Å²) in [6.45, 7) is 0.265. The summed E-state index contributed by atoms with van der Waals surface area (Å²) < 4.78 is 4.79. The summed E-state index contributed by atoms with van der Waals surface area (Å²) in [5.74, 6) is 0. The van der Waals surface area contributed by atoms with Crippen molar-refractivity contribution in [2.75, 3.05) is 13.7 Å². The van der Waals surface area contributed by atoms with Gasteiger partial charge in [0.1, 0.15) is 0 Å². The fraction of sp³-hybridized carbons (Fsp3) is 0.444. The number of halogens is 2. The van der Waals surface area contributed by atoms with E-state index in [1.54, 1.807) is 6.07 Å². The molecule has 0 spiro atoms. The Morgan fingerprint density at radius 1 is 1.57 bits per heavy atom. The van der Waals surface area contributed by atoms with Gasteiger partial charge < -0.3 is 9.84 Å². The molecule has 1 aromatic heterocycles. The number of hydrogen-bond donors (Lipinski definition) is 1. The molecule has 1 N–H and O–H groups in total. The molecule has 5 heteroatoms. The van der Waals surface area contributed by atoms with Gasteiger partial charge in [0.25, 0.3) is 0 Å². The van der Waals surface area contributed by atoms with Crippen LogP contribution in [0.1, 0.15) is 5.69 Å². The van der Waals surface area contributed by atoms with Gasteiger partial charge in [-0.1, -0.05) is 23.2 Å². The summed E-state index contributed by atoms with van der Waals surface area (Å²) in [5, 5.41) is 10.4. The first-order valence-electron chi connectivity index (χ1n) is 4.10. The molecule has 1 unspecified atom stereocenters. The fourth-order valence-electron chi connectivity index (χ4n) is 1.07. The molecule has 1 atom stereocenters. The van der Waals surface area contributed by atoms with Gasteiger partial charge in [0.05, 0.1) is 28.5 Å². The molecule has 0 amide bonds. The molecule has 1 heterocycles. The van der Waals surface area contributed by atoms with E-state index < -0.39 is 6.10 Å². The lowest BCUT2D eigenvalue weighted by atomic mass is 10.2. The fourth-order valence-corrected chi connectivity index (χ4v) is 1.52. The quantitative estimate of drug-likeness (QED) is 0.868. The van der Waals surface area contributed by atoms with E-state index in [1.165, 1.54) is 13.3 Å². The molecule has 0 bridgehead atoms. The highest BCUT2D eigenvalue weighted by atomic mass is 35.5. The standard InChI is InChI=1S/C9H11Cl2NO2/c1-14-5-7(13)3-9-8(11)2-6(10)4-12-9/h2,4,7,13H,3,5H2,1H3. The number of aliphatic hydroxyl groups excluding tert-OH is 1. The van der Waals surface area contributed by atoms with Gasteiger partial charge in [0.15, 0.2) is 0 Å². The van der Waals surface area contributed by atoms with Gasteiger partial charge in [-0.15, -0.1) is 0 Å². The summed E-state index contributed by atoms with van der Waals surface area (Å²) >= 11 is 11.6. The Labute approximate surface area is 92.6 Å². The summed E-state index contributed by atoms with van der Waals surface area (Å²) in [7, 11) is 1.53. The number of methoxy groups -OCH3 is 1. The average molecular weight is 236 g/mol. The van der Waals surface area contributed by atoms with Gasteiger partial charge >= 0.3 is 0 Å². The second-order valence-electron chi connectivity index (χ2n) is 2.90. The third-order valence-electron chi connectivity index (χ3n) is 1.67. The summed E-state index contributed by atoms with van der Waals surface area (Å²) in [4.78, 5) is 4.02. The van der Waals surface area contributed by atoms with Crippen molar-refractivity contribution in [3.05, 3.63) is 28.0 Å². The molecule has 14 heavy (non-hydrogen) atoms. The number of rotatable bonds is 4.